The third-order valence-corrected chi connectivity index (χ3v) is 7.50. The van der Waals surface area contributed by atoms with Crippen LogP contribution in [0.3, 0.4) is 0 Å². The van der Waals surface area contributed by atoms with Crippen LogP contribution < -0.4 is 10.0 Å². The summed E-state index contributed by atoms with van der Waals surface area (Å²) in [5.41, 5.74) is 6.14. The van der Waals surface area contributed by atoms with Crippen molar-refractivity contribution in [3.05, 3.63) is 94.0 Å². The summed E-state index contributed by atoms with van der Waals surface area (Å²) in [6.07, 6.45) is 3.38. The first kappa shape index (κ1) is 22.1. The lowest BCUT2D eigenvalue weighted by Gasteiger charge is -2.17. The largest absolute Gasteiger partial charge is 0.346 e. The highest BCUT2D eigenvalue weighted by Crippen LogP contribution is 2.26. The van der Waals surface area contributed by atoms with E-state index in [1.165, 1.54) is 23.6 Å². The second-order valence-corrected chi connectivity index (χ2v) is 10.2. The molecule has 5 nitrogen and oxygen atoms in total. The van der Waals surface area contributed by atoms with E-state index >= 15 is 0 Å². The van der Waals surface area contributed by atoms with Gasteiger partial charge in [0.25, 0.3) is 15.9 Å². The van der Waals surface area contributed by atoms with Crippen LogP contribution >= 0.6 is 0 Å². The lowest BCUT2D eigenvalue weighted by atomic mass is 10.0. The van der Waals surface area contributed by atoms with Gasteiger partial charge in [-0.1, -0.05) is 36.4 Å². The Morgan fingerprint density at radius 1 is 0.938 bits per heavy atom. The number of hydrogen-bond donors (Lipinski definition) is 2. The van der Waals surface area contributed by atoms with E-state index in [4.69, 9.17) is 0 Å². The Labute approximate surface area is 189 Å². The number of nitrogens with one attached hydrogen (secondary N) is 2. The molecule has 1 aliphatic rings. The van der Waals surface area contributed by atoms with Crippen LogP contribution in [0.4, 0.5) is 5.69 Å². The number of aryl methyl sites for hydroxylation is 4. The first-order chi connectivity index (χ1) is 15.2. The van der Waals surface area contributed by atoms with Gasteiger partial charge in [0, 0.05) is 11.3 Å². The van der Waals surface area contributed by atoms with Crippen molar-refractivity contribution in [3.8, 4) is 0 Å². The number of carbonyl (C=O) groups is 1. The monoisotopic (exact) mass is 448 g/mol. The fourth-order valence-corrected chi connectivity index (χ4v) is 5.50. The molecule has 4 rings (SSSR count). The van der Waals surface area contributed by atoms with E-state index in [0.29, 0.717) is 16.8 Å². The van der Waals surface area contributed by atoms with Gasteiger partial charge in [0.15, 0.2) is 0 Å². The number of rotatable bonds is 6. The minimum Gasteiger partial charge on any atom is -0.346 e. The highest BCUT2D eigenvalue weighted by Gasteiger charge is 2.21. The topological polar surface area (TPSA) is 75.3 Å². The Morgan fingerprint density at radius 3 is 2.50 bits per heavy atom. The molecule has 166 valence electrons. The van der Waals surface area contributed by atoms with Gasteiger partial charge in [0.1, 0.15) is 0 Å². The van der Waals surface area contributed by atoms with Crippen molar-refractivity contribution in [2.24, 2.45) is 0 Å². The van der Waals surface area contributed by atoms with Crippen molar-refractivity contribution < 1.29 is 13.2 Å². The minimum absolute atomic E-state index is 0.0943. The summed E-state index contributed by atoms with van der Waals surface area (Å²) in [6.45, 7) is 5.57. The molecule has 1 amide bonds. The molecule has 3 aromatic rings. The van der Waals surface area contributed by atoms with Crippen LogP contribution in [-0.4, -0.2) is 14.3 Å². The van der Waals surface area contributed by atoms with E-state index in [0.717, 1.165) is 24.0 Å². The molecule has 6 heteroatoms. The maximum atomic E-state index is 13.0. The van der Waals surface area contributed by atoms with Gasteiger partial charge in [-0.15, -0.1) is 0 Å². The Kier molecular flexibility index (Phi) is 6.07. The van der Waals surface area contributed by atoms with Crippen LogP contribution in [-0.2, 0) is 22.9 Å². The fraction of sp³-hybridized carbons (Fsp3) is 0.269. The van der Waals surface area contributed by atoms with Crippen LogP contribution in [0.1, 0.15) is 57.6 Å². The first-order valence-corrected chi connectivity index (χ1v) is 12.3. The first-order valence-electron chi connectivity index (χ1n) is 10.9. The van der Waals surface area contributed by atoms with Crippen LogP contribution in [0.25, 0.3) is 0 Å². The van der Waals surface area contributed by atoms with Gasteiger partial charge in [0.2, 0.25) is 0 Å². The standard InChI is InChI=1S/C26H28N2O3S/c1-17-6-4-9-24(14-17)28-32(30,31)25-16-23(11-10-18(25)2)26(29)27-19(3)21-13-12-20-7-5-8-22(20)15-21/h4,6,9-16,19,28H,5,7-8H2,1-3H3,(H,27,29)/t19-/m1/s1. The highest BCUT2D eigenvalue weighted by molar-refractivity contribution is 7.92. The van der Waals surface area contributed by atoms with E-state index in [9.17, 15) is 13.2 Å². The molecule has 0 fully saturated rings. The molecule has 0 unspecified atom stereocenters. The molecule has 1 atom stereocenters. The van der Waals surface area contributed by atoms with Gasteiger partial charge in [-0.25, -0.2) is 8.42 Å². The van der Waals surface area contributed by atoms with Crippen LogP contribution in [0.5, 0.6) is 0 Å². The fourth-order valence-electron chi connectivity index (χ4n) is 4.17. The molecule has 0 saturated carbocycles. The maximum Gasteiger partial charge on any atom is 0.262 e. The Morgan fingerprint density at radius 2 is 1.72 bits per heavy atom. The maximum absolute atomic E-state index is 13.0. The predicted molar refractivity (Wildman–Crippen MR) is 128 cm³/mol. The molecule has 0 saturated heterocycles. The molecule has 0 bridgehead atoms. The van der Waals surface area contributed by atoms with Gasteiger partial charge < -0.3 is 5.32 Å². The third-order valence-electron chi connectivity index (χ3n) is 5.98. The smallest absolute Gasteiger partial charge is 0.262 e. The van der Waals surface area contributed by atoms with Gasteiger partial charge in [-0.2, -0.15) is 0 Å². The van der Waals surface area contributed by atoms with E-state index in [2.05, 4.69) is 28.2 Å². The Balaban J connectivity index is 1.54. The molecule has 2 N–H and O–H groups in total. The Hall–Kier alpha value is -3.12. The highest BCUT2D eigenvalue weighted by atomic mass is 32.2. The van der Waals surface area contributed by atoms with Crippen molar-refractivity contribution in [1.29, 1.82) is 0 Å². The van der Waals surface area contributed by atoms with Crippen molar-refractivity contribution in [2.75, 3.05) is 4.72 Å². The van der Waals surface area contributed by atoms with Crippen molar-refractivity contribution in [3.63, 3.8) is 0 Å². The van der Waals surface area contributed by atoms with Gasteiger partial charge in [-0.05, 0) is 92.1 Å². The lowest BCUT2D eigenvalue weighted by Crippen LogP contribution is -2.27. The van der Waals surface area contributed by atoms with E-state index < -0.39 is 10.0 Å². The molecule has 0 radical (unpaired) electrons. The second kappa shape index (κ2) is 8.79. The van der Waals surface area contributed by atoms with Crippen LogP contribution in [0.15, 0.2) is 65.6 Å². The predicted octanol–water partition coefficient (Wildman–Crippen LogP) is 5.08. The molecule has 0 spiro atoms. The molecule has 0 aliphatic heterocycles. The normalized spacial score (nSPS) is 14.0. The van der Waals surface area contributed by atoms with Crippen LogP contribution in [0, 0.1) is 13.8 Å². The zero-order chi connectivity index (χ0) is 22.9. The lowest BCUT2D eigenvalue weighted by molar-refractivity contribution is 0.0939. The summed E-state index contributed by atoms with van der Waals surface area (Å²) in [7, 11) is -3.83. The summed E-state index contributed by atoms with van der Waals surface area (Å²) in [4.78, 5) is 13.0. The van der Waals surface area contributed by atoms with Crippen molar-refractivity contribution >= 4 is 21.6 Å². The molecule has 0 aromatic heterocycles. The Bertz CT molecular complexity index is 1280. The molecule has 32 heavy (non-hydrogen) atoms. The third kappa shape index (κ3) is 4.70. The zero-order valence-corrected chi connectivity index (χ0v) is 19.4. The molecule has 0 heterocycles. The number of benzene rings is 3. The summed E-state index contributed by atoms with van der Waals surface area (Å²) >= 11 is 0. The molecular formula is C26H28N2O3S. The number of hydrogen-bond acceptors (Lipinski definition) is 3. The van der Waals surface area contributed by atoms with E-state index in [1.54, 1.807) is 37.3 Å². The van der Waals surface area contributed by atoms with Crippen LogP contribution in [0.2, 0.25) is 0 Å². The zero-order valence-electron chi connectivity index (χ0n) is 18.6. The number of fused-ring (bicyclic) bond motifs is 1. The summed E-state index contributed by atoms with van der Waals surface area (Å²) in [5.74, 6) is -0.301. The summed E-state index contributed by atoms with van der Waals surface area (Å²) in [6, 6.07) is 18.1. The summed E-state index contributed by atoms with van der Waals surface area (Å²) in [5, 5.41) is 3.00. The van der Waals surface area contributed by atoms with E-state index in [1.807, 2.05) is 19.9 Å². The number of carbonyl (C=O) groups excluding carboxylic acids is 1. The van der Waals surface area contributed by atoms with E-state index in [-0.39, 0.29) is 16.8 Å². The van der Waals surface area contributed by atoms with Gasteiger partial charge in [0.05, 0.1) is 10.9 Å². The van der Waals surface area contributed by atoms with Crippen molar-refractivity contribution in [2.45, 2.75) is 51.0 Å². The average Bonchev–Trinajstić information content (AvgIpc) is 3.21. The molecule has 3 aromatic carbocycles. The quantitative estimate of drug-likeness (QED) is 0.552. The number of anilines is 1. The average molecular weight is 449 g/mol. The van der Waals surface area contributed by atoms with Gasteiger partial charge in [-0.3, -0.25) is 9.52 Å². The second-order valence-electron chi connectivity index (χ2n) is 8.53. The number of sulfonamides is 1. The molecular weight excluding hydrogens is 420 g/mol. The SMILES string of the molecule is Cc1cccc(NS(=O)(=O)c2cc(C(=O)N[C@H](C)c3ccc4c(c3)CCC4)ccc2C)c1. The van der Waals surface area contributed by atoms with Gasteiger partial charge >= 0.3 is 0 Å². The summed E-state index contributed by atoms with van der Waals surface area (Å²) < 4.78 is 28.6. The minimum atomic E-state index is -3.83. The number of amides is 1. The van der Waals surface area contributed by atoms with Crippen molar-refractivity contribution in [1.82, 2.24) is 5.32 Å². The molecule has 1 aliphatic carbocycles.